The molecule has 0 saturated carbocycles. The minimum atomic E-state index is -0.508. The summed E-state index contributed by atoms with van der Waals surface area (Å²) in [6, 6.07) is 17.5. The number of furan rings is 1. The van der Waals surface area contributed by atoms with Gasteiger partial charge in [-0.1, -0.05) is 36.4 Å². The van der Waals surface area contributed by atoms with Crippen LogP contribution in [0.5, 0.6) is 0 Å². The first-order valence-corrected chi connectivity index (χ1v) is 11.2. The van der Waals surface area contributed by atoms with Crippen molar-refractivity contribution in [3.8, 4) is 0 Å². The second kappa shape index (κ2) is 11.3. The second-order valence-electron chi connectivity index (χ2n) is 8.42. The van der Waals surface area contributed by atoms with E-state index >= 15 is 0 Å². The zero-order valence-electron chi connectivity index (χ0n) is 19.6. The molecule has 0 saturated heterocycles. The monoisotopic (exact) mass is 463 g/mol. The summed E-state index contributed by atoms with van der Waals surface area (Å²) in [4.78, 5) is 40.5. The van der Waals surface area contributed by atoms with Crippen molar-refractivity contribution in [2.45, 2.75) is 39.8 Å². The van der Waals surface area contributed by atoms with Gasteiger partial charge in [0.2, 0.25) is 5.91 Å². The van der Waals surface area contributed by atoms with E-state index in [-0.39, 0.29) is 36.3 Å². The molecule has 0 fully saturated rings. The topological polar surface area (TPSA) is 96.9 Å². The molecule has 0 bridgehead atoms. The highest BCUT2D eigenvalue weighted by molar-refractivity contribution is 5.97. The van der Waals surface area contributed by atoms with Gasteiger partial charge in [0.05, 0.1) is 17.7 Å². The van der Waals surface area contributed by atoms with E-state index in [9.17, 15) is 19.7 Å². The average Bonchev–Trinajstić information content (AvgIpc) is 3.33. The van der Waals surface area contributed by atoms with Crippen molar-refractivity contribution in [3.05, 3.63) is 99.5 Å². The van der Waals surface area contributed by atoms with E-state index < -0.39 is 10.8 Å². The third-order valence-corrected chi connectivity index (χ3v) is 5.64. The Morgan fingerprint density at radius 2 is 1.79 bits per heavy atom. The molecule has 34 heavy (non-hydrogen) atoms. The molecule has 178 valence electrons. The number of nitro groups is 1. The van der Waals surface area contributed by atoms with Gasteiger partial charge in [0.25, 0.3) is 11.6 Å². The summed E-state index contributed by atoms with van der Waals surface area (Å²) in [7, 11) is 0. The molecular formula is C26H29N3O5. The molecule has 0 N–H and O–H groups in total. The molecule has 0 spiro atoms. The summed E-state index contributed by atoms with van der Waals surface area (Å²) in [5, 5.41) is 11.3. The summed E-state index contributed by atoms with van der Waals surface area (Å²) >= 11 is 0. The molecule has 8 heteroatoms. The minimum Gasteiger partial charge on any atom is -0.467 e. The molecule has 1 aromatic heterocycles. The predicted molar refractivity (Wildman–Crippen MR) is 128 cm³/mol. The van der Waals surface area contributed by atoms with E-state index in [0.717, 1.165) is 5.56 Å². The highest BCUT2D eigenvalue weighted by Gasteiger charge is 2.26. The lowest BCUT2D eigenvalue weighted by molar-refractivity contribution is -0.385. The van der Waals surface area contributed by atoms with Crippen molar-refractivity contribution in [1.82, 2.24) is 9.80 Å². The molecule has 0 aliphatic heterocycles. The molecule has 1 heterocycles. The number of nitrogens with zero attached hydrogens (tertiary/aromatic N) is 3. The van der Waals surface area contributed by atoms with Crippen molar-refractivity contribution in [2.24, 2.45) is 0 Å². The Morgan fingerprint density at radius 3 is 2.41 bits per heavy atom. The third kappa shape index (κ3) is 6.31. The molecule has 0 radical (unpaired) electrons. The van der Waals surface area contributed by atoms with Crippen LogP contribution in [0.3, 0.4) is 0 Å². The SMILES string of the molecule is Cc1ccc(C(=O)N(CC(=O)N(CCc2ccccc2)Cc2ccco2)C(C)C)cc1[N+](=O)[O-]. The molecule has 3 rings (SSSR count). The number of hydrogen-bond donors (Lipinski definition) is 0. The smallest absolute Gasteiger partial charge is 0.273 e. The number of carbonyl (C=O) groups excluding carboxylic acids is 2. The molecular weight excluding hydrogens is 434 g/mol. The number of amides is 2. The maximum atomic E-state index is 13.4. The van der Waals surface area contributed by atoms with Crippen LogP contribution in [0.2, 0.25) is 0 Å². The van der Waals surface area contributed by atoms with Crippen LogP contribution in [0.1, 0.15) is 41.1 Å². The summed E-state index contributed by atoms with van der Waals surface area (Å²) in [6.45, 7) is 5.85. The molecule has 0 aliphatic carbocycles. The van der Waals surface area contributed by atoms with Gasteiger partial charge in [0.1, 0.15) is 12.3 Å². The molecule has 3 aromatic rings. The van der Waals surface area contributed by atoms with Crippen LogP contribution in [-0.2, 0) is 17.8 Å². The summed E-state index contributed by atoms with van der Waals surface area (Å²) < 4.78 is 5.44. The van der Waals surface area contributed by atoms with Crippen LogP contribution in [0.25, 0.3) is 0 Å². The zero-order chi connectivity index (χ0) is 24.7. The van der Waals surface area contributed by atoms with Gasteiger partial charge in [-0.15, -0.1) is 0 Å². The Balaban J connectivity index is 1.79. The lowest BCUT2D eigenvalue weighted by Crippen LogP contribution is -2.46. The van der Waals surface area contributed by atoms with E-state index in [1.54, 1.807) is 42.4 Å². The van der Waals surface area contributed by atoms with E-state index in [0.29, 0.717) is 24.3 Å². The van der Waals surface area contributed by atoms with E-state index in [1.807, 2.05) is 44.2 Å². The molecule has 2 aromatic carbocycles. The fourth-order valence-corrected chi connectivity index (χ4v) is 3.63. The van der Waals surface area contributed by atoms with Crippen LogP contribution >= 0.6 is 0 Å². The van der Waals surface area contributed by atoms with Crippen molar-refractivity contribution < 1.29 is 18.9 Å². The zero-order valence-corrected chi connectivity index (χ0v) is 19.6. The highest BCUT2D eigenvalue weighted by Crippen LogP contribution is 2.21. The van der Waals surface area contributed by atoms with Gasteiger partial charge in [-0.25, -0.2) is 0 Å². The Morgan fingerprint density at radius 1 is 1.06 bits per heavy atom. The van der Waals surface area contributed by atoms with E-state index in [4.69, 9.17) is 4.42 Å². The van der Waals surface area contributed by atoms with Crippen molar-refractivity contribution >= 4 is 17.5 Å². The number of carbonyl (C=O) groups is 2. The standard InChI is InChI=1S/C26H29N3O5/c1-19(2)28(26(31)22-12-11-20(3)24(16-22)29(32)33)18-25(30)27(17-23-10-7-15-34-23)14-13-21-8-5-4-6-9-21/h4-12,15-16,19H,13-14,17-18H2,1-3H3. The van der Waals surface area contributed by atoms with Gasteiger partial charge < -0.3 is 14.2 Å². The maximum Gasteiger partial charge on any atom is 0.273 e. The molecule has 2 amide bonds. The Kier molecular flexibility index (Phi) is 8.19. The van der Waals surface area contributed by atoms with Crippen LogP contribution in [0.15, 0.2) is 71.3 Å². The molecule has 0 atom stereocenters. The molecule has 0 aliphatic rings. The lowest BCUT2D eigenvalue weighted by Gasteiger charge is -2.30. The normalized spacial score (nSPS) is 10.8. The maximum absolute atomic E-state index is 13.4. The van der Waals surface area contributed by atoms with Gasteiger partial charge in [0.15, 0.2) is 0 Å². The summed E-state index contributed by atoms with van der Waals surface area (Å²) in [6.07, 6.45) is 2.22. The van der Waals surface area contributed by atoms with Crippen LogP contribution in [-0.4, -0.2) is 45.7 Å². The first-order valence-electron chi connectivity index (χ1n) is 11.2. The van der Waals surface area contributed by atoms with E-state index in [2.05, 4.69) is 0 Å². The summed E-state index contributed by atoms with van der Waals surface area (Å²) in [5.41, 5.74) is 1.63. The molecule has 8 nitrogen and oxygen atoms in total. The lowest BCUT2D eigenvalue weighted by atomic mass is 10.1. The Bertz CT molecular complexity index is 1130. The number of nitro benzene ring substituents is 1. The third-order valence-electron chi connectivity index (χ3n) is 5.64. The van der Waals surface area contributed by atoms with Gasteiger partial charge in [0, 0.05) is 29.8 Å². The van der Waals surface area contributed by atoms with Crippen molar-refractivity contribution in [3.63, 3.8) is 0 Å². The fourth-order valence-electron chi connectivity index (χ4n) is 3.63. The van der Waals surface area contributed by atoms with Gasteiger partial charge in [-0.2, -0.15) is 0 Å². The van der Waals surface area contributed by atoms with Gasteiger partial charge in [-0.05, 0) is 51.0 Å². The number of rotatable bonds is 10. The highest BCUT2D eigenvalue weighted by atomic mass is 16.6. The van der Waals surface area contributed by atoms with Gasteiger partial charge in [-0.3, -0.25) is 19.7 Å². The first kappa shape index (κ1) is 24.7. The van der Waals surface area contributed by atoms with Crippen LogP contribution < -0.4 is 0 Å². The Labute approximate surface area is 198 Å². The summed E-state index contributed by atoms with van der Waals surface area (Å²) in [5.74, 6) is 0.00134. The first-order chi connectivity index (χ1) is 16.3. The van der Waals surface area contributed by atoms with Crippen molar-refractivity contribution in [2.75, 3.05) is 13.1 Å². The quantitative estimate of drug-likeness (QED) is 0.323. The van der Waals surface area contributed by atoms with Crippen molar-refractivity contribution in [1.29, 1.82) is 0 Å². The fraction of sp³-hybridized carbons (Fsp3) is 0.308. The minimum absolute atomic E-state index is 0.122. The van der Waals surface area contributed by atoms with Crippen LogP contribution in [0, 0.1) is 17.0 Å². The second-order valence-corrected chi connectivity index (χ2v) is 8.42. The molecule has 0 unspecified atom stereocenters. The van der Waals surface area contributed by atoms with E-state index in [1.165, 1.54) is 11.0 Å². The number of benzene rings is 2. The number of hydrogen-bond acceptors (Lipinski definition) is 5. The predicted octanol–water partition coefficient (Wildman–Crippen LogP) is 4.62. The average molecular weight is 464 g/mol. The number of aryl methyl sites for hydroxylation is 1. The largest absolute Gasteiger partial charge is 0.467 e. The van der Waals surface area contributed by atoms with Gasteiger partial charge >= 0.3 is 0 Å². The van der Waals surface area contributed by atoms with Crippen LogP contribution in [0.4, 0.5) is 5.69 Å². The Hall–Kier alpha value is -3.94.